The normalized spacial score (nSPS) is 11.5. The molecule has 0 atom stereocenters. The fourth-order valence-electron chi connectivity index (χ4n) is 1.03. The van der Waals surface area contributed by atoms with E-state index in [1.165, 1.54) is 18.2 Å². The fraction of sp³-hybridized carbons (Fsp3) is 0.455. The molecule has 84 valence electrons. The summed E-state index contributed by atoms with van der Waals surface area (Å²) in [7, 11) is 0. The van der Waals surface area contributed by atoms with E-state index in [1.807, 2.05) is 0 Å². The molecule has 4 heteroatoms. The minimum atomic E-state index is -0.758. The molecule has 0 spiro atoms. The summed E-state index contributed by atoms with van der Waals surface area (Å²) in [5, 5.41) is 9.43. The standard InChI is InChI=1S/C11H16FNO2/c1-11(2,14)5-6-15-8-3-4-9(12)10(13)7-8/h3-4,7,14H,5-6,13H2,1-2H3. The Balaban J connectivity index is 2.48. The predicted molar refractivity (Wildman–Crippen MR) is 57.2 cm³/mol. The Kier molecular flexibility index (Phi) is 3.52. The van der Waals surface area contributed by atoms with Crippen LogP contribution in [0.4, 0.5) is 10.1 Å². The highest BCUT2D eigenvalue weighted by atomic mass is 19.1. The van der Waals surface area contributed by atoms with Crippen molar-refractivity contribution in [3.8, 4) is 5.75 Å². The number of hydrogen-bond donors (Lipinski definition) is 2. The number of halogens is 1. The van der Waals surface area contributed by atoms with Crippen LogP contribution in [0, 0.1) is 5.82 Å². The van der Waals surface area contributed by atoms with Gasteiger partial charge in [-0.05, 0) is 26.0 Å². The summed E-state index contributed by atoms with van der Waals surface area (Å²) >= 11 is 0. The molecule has 0 aliphatic carbocycles. The first-order valence-corrected chi connectivity index (χ1v) is 4.79. The van der Waals surface area contributed by atoms with Crippen molar-refractivity contribution in [3.63, 3.8) is 0 Å². The third kappa shape index (κ3) is 4.16. The molecule has 1 aromatic rings. The first-order valence-electron chi connectivity index (χ1n) is 4.79. The first kappa shape index (κ1) is 11.8. The molecule has 0 amide bonds. The molecule has 0 aromatic heterocycles. The van der Waals surface area contributed by atoms with Gasteiger partial charge in [-0.2, -0.15) is 0 Å². The van der Waals surface area contributed by atoms with E-state index in [2.05, 4.69) is 0 Å². The van der Waals surface area contributed by atoms with Crippen molar-refractivity contribution >= 4 is 5.69 Å². The van der Waals surface area contributed by atoms with Crippen LogP contribution in [0.2, 0.25) is 0 Å². The van der Waals surface area contributed by atoms with Crippen LogP contribution in [0.3, 0.4) is 0 Å². The van der Waals surface area contributed by atoms with E-state index < -0.39 is 11.4 Å². The molecule has 3 nitrogen and oxygen atoms in total. The van der Waals surface area contributed by atoms with Gasteiger partial charge in [0.2, 0.25) is 0 Å². The monoisotopic (exact) mass is 213 g/mol. The highest BCUT2D eigenvalue weighted by molar-refractivity contribution is 5.45. The van der Waals surface area contributed by atoms with Crippen LogP contribution in [-0.2, 0) is 0 Å². The topological polar surface area (TPSA) is 55.5 Å². The number of rotatable bonds is 4. The number of benzene rings is 1. The second kappa shape index (κ2) is 4.49. The van der Waals surface area contributed by atoms with Crippen LogP contribution in [0.1, 0.15) is 20.3 Å². The third-order valence-electron chi connectivity index (χ3n) is 1.95. The van der Waals surface area contributed by atoms with Crippen LogP contribution in [0.15, 0.2) is 18.2 Å². The molecule has 0 unspecified atom stereocenters. The summed E-state index contributed by atoms with van der Waals surface area (Å²) in [5.41, 5.74) is 4.68. The largest absolute Gasteiger partial charge is 0.493 e. The van der Waals surface area contributed by atoms with Gasteiger partial charge in [0.15, 0.2) is 0 Å². The van der Waals surface area contributed by atoms with E-state index in [9.17, 15) is 9.50 Å². The number of anilines is 1. The molecular formula is C11H16FNO2. The molecule has 15 heavy (non-hydrogen) atoms. The van der Waals surface area contributed by atoms with Gasteiger partial charge in [0.1, 0.15) is 11.6 Å². The number of aliphatic hydroxyl groups is 1. The Morgan fingerprint density at radius 3 is 2.67 bits per heavy atom. The maximum atomic E-state index is 12.8. The van der Waals surface area contributed by atoms with Gasteiger partial charge < -0.3 is 15.6 Å². The van der Waals surface area contributed by atoms with Crippen molar-refractivity contribution in [1.82, 2.24) is 0 Å². The molecule has 0 bridgehead atoms. The van der Waals surface area contributed by atoms with Crippen LogP contribution in [0.25, 0.3) is 0 Å². The molecule has 0 aliphatic heterocycles. The van der Waals surface area contributed by atoms with Gasteiger partial charge in [0.25, 0.3) is 0 Å². The molecule has 0 saturated carbocycles. The zero-order valence-electron chi connectivity index (χ0n) is 8.96. The lowest BCUT2D eigenvalue weighted by Crippen LogP contribution is -2.21. The van der Waals surface area contributed by atoms with Gasteiger partial charge in [-0.25, -0.2) is 4.39 Å². The summed E-state index contributed by atoms with van der Waals surface area (Å²) in [5.74, 6) is 0.0583. The summed E-state index contributed by atoms with van der Waals surface area (Å²) in [4.78, 5) is 0. The van der Waals surface area contributed by atoms with Crippen LogP contribution < -0.4 is 10.5 Å². The highest BCUT2D eigenvalue weighted by Crippen LogP contribution is 2.19. The highest BCUT2D eigenvalue weighted by Gasteiger charge is 2.12. The summed E-state index contributed by atoms with van der Waals surface area (Å²) in [6, 6.07) is 4.20. The molecule has 1 rings (SSSR count). The number of nitrogen functional groups attached to an aromatic ring is 1. The van der Waals surface area contributed by atoms with E-state index in [1.54, 1.807) is 13.8 Å². The zero-order valence-corrected chi connectivity index (χ0v) is 8.96. The van der Waals surface area contributed by atoms with Crippen molar-refractivity contribution in [2.24, 2.45) is 0 Å². The number of nitrogens with two attached hydrogens (primary N) is 1. The molecular weight excluding hydrogens is 197 g/mol. The van der Waals surface area contributed by atoms with Crippen molar-refractivity contribution in [2.45, 2.75) is 25.9 Å². The molecule has 0 saturated heterocycles. The predicted octanol–water partition coefficient (Wildman–Crippen LogP) is 1.95. The van der Waals surface area contributed by atoms with E-state index in [4.69, 9.17) is 10.5 Å². The minimum Gasteiger partial charge on any atom is -0.493 e. The van der Waals surface area contributed by atoms with Crippen LogP contribution in [0.5, 0.6) is 5.75 Å². The quantitative estimate of drug-likeness (QED) is 0.751. The van der Waals surface area contributed by atoms with Crippen LogP contribution in [-0.4, -0.2) is 17.3 Å². The van der Waals surface area contributed by atoms with E-state index >= 15 is 0 Å². The summed E-state index contributed by atoms with van der Waals surface area (Å²) in [6.07, 6.45) is 0.504. The maximum absolute atomic E-state index is 12.8. The van der Waals surface area contributed by atoms with Crippen molar-refractivity contribution in [2.75, 3.05) is 12.3 Å². The second-order valence-corrected chi connectivity index (χ2v) is 4.09. The third-order valence-corrected chi connectivity index (χ3v) is 1.95. The average Bonchev–Trinajstić information content (AvgIpc) is 2.09. The summed E-state index contributed by atoms with van der Waals surface area (Å²) in [6.45, 7) is 3.78. The van der Waals surface area contributed by atoms with Gasteiger partial charge in [-0.3, -0.25) is 0 Å². The molecule has 1 aromatic carbocycles. The Labute approximate surface area is 88.7 Å². The fourth-order valence-corrected chi connectivity index (χ4v) is 1.03. The Bertz CT molecular complexity index is 334. The minimum absolute atomic E-state index is 0.0655. The van der Waals surface area contributed by atoms with Crippen molar-refractivity contribution in [1.29, 1.82) is 0 Å². The summed E-state index contributed by atoms with van der Waals surface area (Å²) < 4.78 is 18.1. The molecule has 0 heterocycles. The lowest BCUT2D eigenvalue weighted by atomic mass is 10.1. The van der Waals surface area contributed by atoms with Gasteiger partial charge in [0.05, 0.1) is 17.9 Å². The Hall–Kier alpha value is -1.29. The van der Waals surface area contributed by atoms with Crippen molar-refractivity contribution < 1.29 is 14.2 Å². The van der Waals surface area contributed by atoms with Gasteiger partial charge in [0, 0.05) is 12.5 Å². The maximum Gasteiger partial charge on any atom is 0.146 e. The van der Waals surface area contributed by atoms with E-state index in [-0.39, 0.29) is 5.69 Å². The lowest BCUT2D eigenvalue weighted by molar-refractivity contribution is 0.0553. The molecule has 0 radical (unpaired) electrons. The van der Waals surface area contributed by atoms with Crippen molar-refractivity contribution in [3.05, 3.63) is 24.0 Å². The SMILES string of the molecule is CC(C)(O)CCOc1ccc(F)c(N)c1. The number of hydrogen-bond acceptors (Lipinski definition) is 3. The Morgan fingerprint density at radius 2 is 2.13 bits per heavy atom. The van der Waals surface area contributed by atoms with Gasteiger partial charge in [-0.1, -0.05) is 0 Å². The Morgan fingerprint density at radius 1 is 1.47 bits per heavy atom. The molecule has 3 N–H and O–H groups in total. The number of ether oxygens (including phenoxy) is 1. The van der Waals surface area contributed by atoms with E-state index in [0.29, 0.717) is 18.8 Å². The zero-order chi connectivity index (χ0) is 11.5. The lowest BCUT2D eigenvalue weighted by Gasteiger charge is -2.17. The van der Waals surface area contributed by atoms with Gasteiger partial charge in [-0.15, -0.1) is 0 Å². The first-order chi connectivity index (χ1) is 6.88. The second-order valence-electron chi connectivity index (χ2n) is 4.09. The molecule has 0 aliphatic rings. The smallest absolute Gasteiger partial charge is 0.146 e. The average molecular weight is 213 g/mol. The van der Waals surface area contributed by atoms with E-state index in [0.717, 1.165) is 0 Å². The van der Waals surface area contributed by atoms with Gasteiger partial charge >= 0.3 is 0 Å². The van der Waals surface area contributed by atoms with Crippen LogP contribution >= 0.6 is 0 Å². The molecule has 0 fully saturated rings.